The summed E-state index contributed by atoms with van der Waals surface area (Å²) in [7, 11) is -2.53. The summed E-state index contributed by atoms with van der Waals surface area (Å²) in [5, 5.41) is 2.50. The van der Waals surface area contributed by atoms with E-state index in [4.69, 9.17) is 10.2 Å². The Hall–Kier alpha value is -2.43. The standard InChI is InChI=1S/C22H26N2OSi/c1-22(2,3)26(19-10-6-4-7-11-19,20-12-8-5-9-13-20)25-17-18-14-15-24-16-21(18)23/h4-16H,17,23H2,1-3H3. The molecular weight excluding hydrogens is 336 g/mol. The molecular formula is C22H26N2OSi. The molecule has 0 aliphatic rings. The average molecular weight is 363 g/mol. The lowest BCUT2D eigenvalue weighted by atomic mass is 10.2. The smallest absolute Gasteiger partial charge is 0.261 e. The second-order valence-corrected chi connectivity index (χ2v) is 11.8. The Kier molecular flexibility index (Phi) is 5.25. The number of anilines is 1. The maximum absolute atomic E-state index is 6.86. The monoisotopic (exact) mass is 362 g/mol. The first-order valence-corrected chi connectivity index (χ1v) is 10.8. The van der Waals surface area contributed by atoms with Gasteiger partial charge in [0.1, 0.15) is 0 Å². The zero-order chi connectivity index (χ0) is 18.6. The maximum Gasteiger partial charge on any atom is 0.261 e. The summed E-state index contributed by atoms with van der Waals surface area (Å²) in [6.45, 7) is 7.29. The van der Waals surface area contributed by atoms with Crippen LogP contribution in [0.4, 0.5) is 5.69 Å². The summed E-state index contributed by atoms with van der Waals surface area (Å²) in [4.78, 5) is 4.09. The Morgan fingerprint density at radius 2 is 1.42 bits per heavy atom. The molecule has 3 rings (SSSR count). The highest BCUT2D eigenvalue weighted by Gasteiger charge is 2.50. The number of nitrogens with two attached hydrogens (primary N) is 1. The van der Waals surface area contributed by atoms with Crippen molar-refractivity contribution < 1.29 is 4.43 Å². The molecule has 0 saturated heterocycles. The van der Waals surface area contributed by atoms with Gasteiger partial charge in [0.25, 0.3) is 8.32 Å². The first-order chi connectivity index (χ1) is 12.4. The van der Waals surface area contributed by atoms with Crippen molar-refractivity contribution in [2.24, 2.45) is 0 Å². The zero-order valence-electron chi connectivity index (χ0n) is 15.6. The van der Waals surface area contributed by atoms with Crippen LogP contribution >= 0.6 is 0 Å². The lowest BCUT2D eigenvalue weighted by Crippen LogP contribution is -2.66. The van der Waals surface area contributed by atoms with Gasteiger partial charge < -0.3 is 10.2 Å². The quantitative estimate of drug-likeness (QED) is 0.703. The number of aromatic nitrogens is 1. The highest BCUT2D eigenvalue weighted by molar-refractivity contribution is 6.99. The first kappa shape index (κ1) is 18.4. The highest BCUT2D eigenvalue weighted by Crippen LogP contribution is 2.37. The van der Waals surface area contributed by atoms with E-state index in [0.717, 1.165) is 5.56 Å². The largest absolute Gasteiger partial charge is 0.403 e. The molecule has 2 N–H and O–H groups in total. The SMILES string of the molecule is CC(C)(C)[Si](OCc1ccncc1N)(c1ccccc1)c1ccccc1. The molecule has 0 fully saturated rings. The normalized spacial score (nSPS) is 12.1. The molecule has 2 aromatic carbocycles. The number of benzene rings is 2. The summed E-state index contributed by atoms with van der Waals surface area (Å²) in [6.07, 6.45) is 3.45. The van der Waals surface area contributed by atoms with Crippen LogP contribution in [0.3, 0.4) is 0 Å². The molecule has 3 aromatic rings. The van der Waals surface area contributed by atoms with Crippen LogP contribution in [0.25, 0.3) is 0 Å². The van der Waals surface area contributed by atoms with E-state index in [2.05, 4.69) is 86.4 Å². The fourth-order valence-corrected chi connectivity index (χ4v) is 8.04. The Labute approximate surface area is 157 Å². The van der Waals surface area contributed by atoms with Crippen molar-refractivity contribution in [3.63, 3.8) is 0 Å². The number of nitrogens with zero attached hydrogens (tertiary/aromatic N) is 1. The third-order valence-electron chi connectivity index (χ3n) is 4.81. The van der Waals surface area contributed by atoms with Crippen molar-refractivity contribution in [3.8, 4) is 0 Å². The molecule has 0 aliphatic carbocycles. The fourth-order valence-electron chi connectivity index (χ4n) is 3.51. The number of hydrogen-bond donors (Lipinski definition) is 1. The minimum Gasteiger partial charge on any atom is -0.403 e. The van der Waals surface area contributed by atoms with E-state index >= 15 is 0 Å². The minimum atomic E-state index is -2.53. The van der Waals surface area contributed by atoms with Gasteiger partial charge in [-0.1, -0.05) is 81.4 Å². The molecule has 0 atom stereocenters. The molecule has 4 heteroatoms. The van der Waals surface area contributed by atoms with E-state index in [1.165, 1.54) is 10.4 Å². The Morgan fingerprint density at radius 1 is 0.885 bits per heavy atom. The molecule has 0 saturated carbocycles. The van der Waals surface area contributed by atoms with Crippen LogP contribution in [0.1, 0.15) is 26.3 Å². The van der Waals surface area contributed by atoms with Crippen molar-refractivity contribution in [3.05, 3.63) is 84.7 Å². The predicted octanol–water partition coefficient (Wildman–Crippen LogP) is 3.74. The van der Waals surface area contributed by atoms with Crippen LogP contribution in [0.2, 0.25) is 5.04 Å². The minimum absolute atomic E-state index is 0.0441. The molecule has 0 unspecified atom stereocenters. The van der Waals surface area contributed by atoms with E-state index in [0.29, 0.717) is 12.3 Å². The van der Waals surface area contributed by atoms with Crippen molar-refractivity contribution >= 4 is 24.4 Å². The van der Waals surface area contributed by atoms with Gasteiger partial charge in [0, 0.05) is 11.8 Å². The van der Waals surface area contributed by atoms with Gasteiger partial charge in [-0.25, -0.2) is 0 Å². The topological polar surface area (TPSA) is 48.1 Å². The van der Waals surface area contributed by atoms with Gasteiger partial charge in [-0.2, -0.15) is 0 Å². The van der Waals surface area contributed by atoms with Crippen LogP contribution in [0, 0.1) is 0 Å². The molecule has 26 heavy (non-hydrogen) atoms. The molecule has 1 aromatic heterocycles. The predicted molar refractivity (Wildman–Crippen MR) is 111 cm³/mol. The third kappa shape index (κ3) is 3.43. The van der Waals surface area contributed by atoms with E-state index < -0.39 is 8.32 Å². The lowest BCUT2D eigenvalue weighted by molar-refractivity contribution is 0.287. The zero-order valence-corrected chi connectivity index (χ0v) is 16.6. The van der Waals surface area contributed by atoms with Crippen LogP contribution < -0.4 is 16.1 Å². The van der Waals surface area contributed by atoms with E-state index in [9.17, 15) is 0 Å². The third-order valence-corrected chi connectivity index (χ3v) is 9.79. The summed E-state index contributed by atoms with van der Waals surface area (Å²) in [5.41, 5.74) is 7.76. The Morgan fingerprint density at radius 3 is 1.88 bits per heavy atom. The summed E-state index contributed by atoms with van der Waals surface area (Å²) in [5.74, 6) is 0. The fraction of sp³-hybridized carbons (Fsp3) is 0.227. The van der Waals surface area contributed by atoms with Crippen LogP contribution in [0.15, 0.2) is 79.1 Å². The maximum atomic E-state index is 6.86. The highest BCUT2D eigenvalue weighted by atomic mass is 28.4. The molecule has 0 bridgehead atoms. The van der Waals surface area contributed by atoms with Gasteiger partial charge in [0.05, 0.1) is 18.5 Å². The van der Waals surface area contributed by atoms with E-state index in [-0.39, 0.29) is 5.04 Å². The second-order valence-electron chi connectivity index (χ2n) is 7.53. The van der Waals surface area contributed by atoms with Crippen molar-refractivity contribution in [1.29, 1.82) is 0 Å². The molecule has 0 aliphatic heterocycles. The van der Waals surface area contributed by atoms with Gasteiger partial charge in [0.15, 0.2) is 0 Å². The lowest BCUT2D eigenvalue weighted by Gasteiger charge is -2.43. The van der Waals surface area contributed by atoms with Crippen LogP contribution in [-0.2, 0) is 11.0 Å². The van der Waals surface area contributed by atoms with Gasteiger partial charge >= 0.3 is 0 Å². The molecule has 3 nitrogen and oxygen atoms in total. The Bertz CT molecular complexity index is 805. The molecule has 0 amide bonds. The summed E-state index contributed by atoms with van der Waals surface area (Å²) in [6, 6.07) is 23.2. The van der Waals surface area contributed by atoms with Crippen molar-refractivity contribution in [2.45, 2.75) is 32.4 Å². The molecule has 0 radical (unpaired) electrons. The van der Waals surface area contributed by atoms with Gasteiger partial charge in [-0.05, 0) is 21.5 Å². The number of pyridine rings is 1. The second kappa shape index (κ2) is 7.44. The summed E-state index contributed by atoms with van der Waals surface area (Å²) >= 11 is 0. The van der Waals surface area contributed by atoms with Gasteiger partial charge in [0.2, 0.25) is 0 Å². The van der Waals surface area contributed by atoms with Crippen molar-refractivity contribution in [1.82, 2.24) is 4.98 Å². The molecule has 0 spiro atoms. The van der Waals surface area contributed by atoms with Crippen molar-refractivity contribution in [2.75, 3.05) is 5.73 Å². The van der Waals surface area contributed by atoms with E-state index in [1.54, 1.807) is 12.4 Å². The number of nitrogen functional groups attached to an aromatic ring is 1. The first-order valence-electron chi connectivity index (χ1n) is 8.88. The van der Waals surface area contributed by atoms with Crippen LogP contribution in [0.5, 0.6) is 0 Å². The summed E-state index contributed by atoms with van der Waals surface area (Å²) < 4.78 is 6.86. The number of rotatable bonds is 5. The Balaban J connectivity index is 2.13. The van der Waals surface area contributed by atoms with Crippen LogP contribution in [-0.4, -0.2) is 13.3 Å². The molecule has 1 heterocycles. The molecule has 134 valence electrons. The van der Waals surface area contributed by atoms with Gasteiger partial charge in [-0.3, -0.25) is 4.98 Å². The van der Waals surface area contributed by atoms with E-state index in [1.807, 2.05) is 6.07 Å². The van der Waals surface area contributed by atoms with Gasteiger partial charge in [-0.15, -0.1) is 0 Å². The number of hydrogen-bond acceptors (Lipinski definition) is 3. The average Bonchev–Trinajstić information content (AvgIpc) is 2.64.